The number of anilines is 1. The van der Waals surface area contributed by atoms with Gasteiger partial charge in [0.1, 0.15) is 18.2 Å². The van der Waals surface area contributed by atoms with Gasteiger partial charge in [0.15, 0.2) is 5.75 Å². The van der Waals surface area contributed by atoms with Gasteiger partial charge in [0.05, 0.1) is 17.8 Å². The van der Waals surface area contributed by atoms with Crippen molar-refractivity contribution >= 4 is 11.6 Å². The number of hydroxylamine groups is 2. The average molecular weight is 454 g/mol. The summed E-state index contributed by atoms with van der Waals surface area (Å²) >= 11 is 0. The van der Waals surface area contributed by atoms with Crippen LogP contribution in [-0.4, -0.2) is 66.9 Å². The van der Waals surface area contributed by atoms with E-state index in [4.69, 9.17) is 9.57 Å². The molecule has 2 N–H and O–H groups in total. The number of amides is 1. The van der Waals surface area contributed by atoms with Gasteiger partial charge in [-0.15, -0.1) is 5.06 Å². The Morgan fingerprint density at radius 3 is 2.82 bits per heavy atom. The quantitative estimate of drug-likeness (QED) is 0.510. The van der Waals surface area contributed by atoms with Gasteiger partial charge >= 0.3 is 0 Å². The fraction of sp³-hybridized carbons (Fsp3) is 0.333. The molecule has 0 bridgehead atoms. The molecule has 0 spiro atoms. The molecule has 174 valence electrons. The number of carbonyl (C=O) groups is 1. The molecule has 4 rings (SSSR count). The minimum atomic E-state index is -0.438. The van der Waals surface area contributed by atoms with Gasteiger partial charge in [-0.3, -0.25) is 9.89 Å². The van der Waals surface area contributed by atoms with Crippen LogP contribution in [0.15, 0.2) is 48.8 Å². The molecular weight excluding hydrogens is 425 g/mol. The SMILES string of the molecule is CN(C)CCN(C)Oc1cc(-c2cn[nH]c2)ccc1NC(=O)C1COc2ccc(F)cc2C1. The number of aromatic amines is 1. The normalized spacial score (nSPS) is 15.3. The molecule has 1 amide bonds. The monoisotopic (exact) mass is 453 g/mol. The van der Waals surface area contributed by atoms with Crippen molar-refractivity contribution in [1.29, 1.82) is 0 Å². The van der Waals surface area contributed by atoms with Crippen LogP contribution in [0.25, 0.3) is 11.1 Å². The number of halogens is 1. The van der Waals surface area contributed by atoms with E-state index in [0.29, 0.717) is 35.7 Å². The zero-order chi connectivity index (χ0) is 23.4. The maximum absolute atomic E-state index is 13.6. The lowest BCUT2D eigenvalue weighted by molar-refractivity contribution is -0.121. The lowest BCUT2D eigenvalue weighted by Gasteiger charge is -2.26. The molecule has 0 fully saturated rings. The molecule has 33 heavy (non-hydrogen) atoms. The van der Waals surface area contributed by atoms with Gasteiger partial charge in [-0.05, 0) is 62.0 Å². The minimum absolute atomic E-state index is 0.207. The topological polar surface area (TPSA) is 82.7 Å². The van der Waals surface area contributed by atoms with E-state index < -0.39 is 5.92 Å². The molecule has 0 radical (unpaired) electrons. The van der Waals surface area contributed by atoms with Gasteiger partial charge in [0.2, 0.25) is 5.91 Å². The molecule has 2 heterocycles. The summed E-state index contributed by atoms with van der Waals surface area (Å²) in [4.78, 5) is 21.2. The number of H-pyrrole nitrogens is 1. The summed E-state index contributed by atoms with van der Waals surface area (Å²) in [5.41, 5.74) is 3.06. The van der Waals surface area contributed by atoms with E-state index in [9.17, 15) is 9.18 Å². The molecule has 0 saturated carbocycles. The number of carbonyl (C=O) groups excluding carboxylic acids is 1. The first-order valence-electron chi connectivity index (χ1n) is 10.8. The summed E-state index contributed by atoms with van der Waals surface area (Å²) in [6.07, 6.45) is 3.93. The molecule has 0 saturated heterocycles. The predicted molar refractivity (Wildman–Crippen MR) is 124 cm³/mol. The Bertz CT molecular complexity index is 1100. The highest BCUT2D eigenvalue weighted by atomic mass is 19.1. The summed E-state index contributed by atoms with van der Waals surface area (Å²) in [5, 5.41) is 11.5. The third-order valence-corrected chi connectivity index (χ3v) is 5.49. The van der Waals surface area contributed by atoms with E-state index in [2.05, 4.69) is 20.4 Å². The molecule has 8 nitrogen and oxygen atoms in total. The molecule has 3 aromatic rings. The van der Waals surface area contributed by atoms with Crippen LogP contribution < -0.4 is 14.9 Å². The Morgan fingerprint density at radius 1 is 1.21 bits per heavy atom. The Labute approximate surface area is 192 Å². The van der Waals surface area contributed by atoms with Crippen molar-refractivity contribution < 1.29 is 18.8 Å². The Balaban J connectivity index is 1.52. The van der Waals surface area contributed by atoms with Crippen LogP contribution in [0.5, 0.6) is 11.5 Å². The standard InChI is InChI=1S/C24H28FN5O3/c1-29(2)8-9-30(3)33-23-12-16(19-13-26-27-14-19)4-6-21(23)28-24(31)18-10-17-11-20(25)5-7-22(17)32-15-18/h4-7,11-14,18H,8-10,15H2,1-3H3,(H,26,27)(H,28,31). The lowest BCUT2D eigenvalue weighted by atomic mass is 9.95. The van der Waals surface area contributed by atoms with Crippen LogP contribution in [0.4, 0.5) is 10.1 Å². The predicted octanol–water partition coefficient (Wildman–Crippen LogP) is 3.19. The van der Waals surface area contributed by atoms with Crippen molar-refractivity contribution in [2.24, 2.45) is 5.92 Å². The van der Waals surface area contributed by atoms with Crippen molar-refractivity contribution in [2.45, 2.75) is 6.42 Å². The summed E-state index contributed by atoms with van der Waals surface area (Å²) < 4.78 is 19.3. The van der Waals surface area contributed by atoms with Crippen LogP contribution in [0, 0.1) is 11.7 Å². The molecule has 1 atom stereocenters. The van der Waals surface area contributed by atoms with Gasteiger partial charge in [0.25, 0.3) is 0 Å². The fourth-order valence-electron chi connectivity index (χ4n) is 3.61. The molecule has 1 aliphatic rings. The van der Waals surface area contributed by atoms with E-state index in [1.807, 2.05) is 39.3 Å². The smallest absolute Gasteiger partial charge is 0.231 e. The van der Waals surface area contributed by atoms with Crippen LogP contribution >= 0.6 is 0 Å². The zero-order valence-corrected chi connectivity index (χ0v) is 19.0. The maximum Gasteiger partial charge on any atom is 0.231 e. The molecule has 9 heteroatoms. The summed E-state index contributed by atoms with van der Waals surface area (Å²) in [7, 11) is 5.84. The maximum atomic E-state index is 13.6. The highest BCUT2D eigenvalue weighted by Crippen LogP contribution is 2.33. The second kappa shape index (κ2) is 10.0. The van der Waals surface area contributed by atoms with Crippen LogP contribution in [-0.2, 0) is 11.2 Å². The van der Waals surface area contributed by atoms with Crippen LogP contribution in [0.1, 0.15) is 5.56 Å². The number of benzene rings is 2. The van der Waals surface area contributed by atoms with Crippen LogP contribution in [0.2, 0.25) is 0 Å². The first-order chi connectivity index (χ1) is 15.9. The minimum Gasteiger partial charge on any atom is -0.492 e. The number of aromatic nitrogens is 2. The molecule has 1 unspecified atom stereocenters. The van der Waals surface area contributed by atoms with Crippen LogP contribution in [0.3, 0.4) is 0 Å². The van der Waals surface area contributed by atoms with E-state index in [-0.39, 0.29) is 18.3 Å². The van der Waals surface area contributed by atoms with E-state index in [0.717, 1.165) is 17.7 Å². The van der Waals surface area contributed by atoms with Crippen molar-refractivity contribution in [3.8, 4) is 22.6 Å². The zero-order valence-electron chi connectivity index (χ0n) is 19.0. The van der Waals surface area contributed by atoms with Crippen molar-refractivity contribution in [3.63, 3.8) is 0 Å². The number of nitrogens with one attached hydrogen (secondary N) is 2. The van der Waals surface area contributed by atoms with Crippen molar-refractivity contribution in [1.82, 2.24) is 20.2 Å². The number of hydrogen-bond donors (Lipinski definition) is 2. The van der Waals surface area contributed by atoms with Gasteiger partial charge in [-0.25, -0.2) is 4.39 Å². The van der Waals surface area contributed by atoms with Crippen molar-refractivity contribution in [3.05, 3.63) is 60.2 Å². The second-order valence-corrected chi connectivity index (χ2v) is 8.40. The third kappa shape index (κ3) is 5.68. The first kappa shape index (κ1) is 22.8. The fourth-order valence-corrected chi connectivity index (χ4v) is 3.61. The number of hydrogen-bond acceptors (Lipinski definition) is 6. The summed E-state index contributed by atoms with van der Waals surface area (Å²) in [6, 6.07) is 9.96. The first-order valence-corrected chi connectivity index (χ1v) is 10.8. The molecule has 0 aliphatic carbocycles. The Hall–Kier alpha value is -3.43. The number of fused-ring (bicyclic) bond motifs is 1. The number of rotatable bonds is 8. The highest BCUT2D eigenvalue weighted by molar-refractivity contribution is 5.95. The Morgan fingerprint density at radius 2 is 2.06 bits per heavy atom. The van der Waals surface area contributed by atoms with Crippen molar-refractivity contribution in [2.75, 3.05) is 46.2 Å². The highest BCUT2D eigenvalue weighted by Gasteiger charge is 2.27. The molecule has 1 aliphatic heterocycles. The van der Waals surface area contributed by atoms with E-state index >= 15 is 0 Å². The van der Waals surface area contributed by atoms with Gasteiger partial charge in [-0.1, -0.05) is 6.07 Å². The Kier molecular flexibility index (Phi) is 6.90. The molecule has 2 aromatic carbocycles. The average Bonchev–Trinajstić information content (AvgIpc) is 3.33. The summed E-state index contributed by atoms with van der Waals surface area (Å²) in [5.74, 6) is 0.154. The molecular formula is C24H28FN5O3. The number of ether oxygens (including phenoxy) is 1. The van der Waals surface area contributed by atoms with E-state index in [1.54, 1.807) is 23.5 Å². The van der Waals surface area contributed by atoms with E-state index in [1.165, 1.54) is 12.1 Å². The largest absolute Gasteiger partial charge is 0.492 e. The van der Waals surface area contributed by atoms with Gasteiger partial charge < -0.3 is 19.8 Å². The third-order valence-electron chi connectivity index (χ3n) is 5.49. The van der Waals surface area contributed by atoms with Gasteiger partial charge in [0, 0.05) is 31.9 Å². The summed E-state index contributed by atoms with van der Waals surface area (Å²) in [6.45, 7) is 1.72. The number of likely N-dealkylation sites (N-methyl/N-ethyl adjacent to an activating group) is 2. The number of nitrogens with zero attached hydrogens (tertiary/aromatic N) is 3. The lowest BCUT2D eigenvalue weighted by Crippen LogP contribution is -2.33. The second-order valence-electron chi connectivity index (χ2n) is 8.40. The molecule has 1 aromatic heterocycles. The van der Waals surface area contributed by atoms with Gasteiger partial charge in [-0.2, -0.15) is 5.10 Å².